The Morgan fingerprint density at radius 2 is 1.59 bits per heavy atom. The SMILES string of the molecule is CCC(CO)(CO)NC(=O)C1C(C)(C)C1(C)C. The number of aliphatic hydroxyl groups excluding tert-OH is 2. The van der Waals surface area contributed by atoms with Gasteiger partial charge in [0.05, 0.1) is 18.8 Å². The van der Waals surface area contributed by atoms with Gasteiger partial charge in [-0.15, -0.1) is 0 Å². The molecule has 0 bridgehead atoms. The summed E-state index contributed by atoms with van der Waals surface area (Å²) in [7, 11) is 0. The van der Waals surface area contributed by atoms with E-state index in [0.717, 1.165) is 0 Å². The molecule has 0 heterocycles. The number of nitrogens with one attached hydrogen (secondary N) is 1. The molecule has 1 fully saturated rings. The lowest BCUT2D eigenvalue weighted by Crippen LogP contribution is -2.54. The maximum atomic E-state index is 12.2. The van der Waals surface area contributed by atoms with Crippen molar-refractivity contribution >= 4 is 5.91 Å². The summed E-state index contributed by atoms with van der Waals surface area (Å²) >= 11 is 0. The summed E-state index contributed by atoms with van der Waals surface area (Å²) in [4.78, 5) is 12.2. The van der Waals surface area contributed by atoms with Crippen molar-refractivity contribution in [1.82, 2.24) is 5.32 Å². The monoisotopic (exact) mass is 243 g/mol. The van der Waals surface area contributed by atoms with Crippen molar-refractivity contribution in [1.29, 1.82) is 0 Å². The van der Waals surface area contributed by atoms with Crippen molar-refractivity contribution in [2.45, 2.75) is 46.6 Å². The van der Waals surface area contributed by atoms with E-state index in [1.165, 1.54) is 0 Å². The number of amides is 1. The van der Waals surface area contributed by atoms with Crippen molar-refractivity contribution in [3.05, 3.63) is 0 Å². The number of hydrogen-bond donors (Lipinski definition) is 3. The van der Waals surface area contributed by atoms with Gasteiger partial charge in [-0.25, -0.2) is 0 Å². The lowest BCUT2D eigenvalue weighted by atomic mass is 9.97. The Kier molecular flexibility index (Phi) is 3.61. The van der Waals surface area contributed by atoms with Gasteiger partial charge < -0.3 is 15.5 Å². The Morgan fingerprint density at radius 1 is 1.18 bits per heavy atom. The summed E-state index contributed by atoms with van der Waals surface area (Å²) in [6, 6.07) is 0. The average molecular weight is 243 g/mol. The van der Waals surface area contributed by atoms with Crippen LogP contribution in [0, 0.1) is 16.7 Å². The first-order valence-electron chi connectivity index (χ1n) is 6.22. The quantitative estimate of drug-likeness (QED) is 0.672. The van der Waals surface area contributed by atoms with Crippen LogP contribution in [0.1, 0.15) is 41.0 Å². The first-order valence-corrected chi connectivity index (χ1v) is 6.22. The number of carbonyl (C=O) groups excluding carboxylic acids is 1. The first-order chi connectivity index (χ1) is 7.68. The van der Waals surface area contributed by atoms with Gasteiger partial charge >= 0.3 is 0 Å². The van der Waals surface area contributed by atoms with Gasteiger partial charge in [0.1, 0.15) is 0 Å². The van der Waals surface area contributed by atoms with E-state index >= 15 is 0 Å². The summed E-state index contributed by atoms with van der Waals surface area (Å²) in [5.41, 5.74) is -0.936. The topological polar surface area (TPSA) is 69.6 Å². The normalized spacial score (nSPS) is 22.3. The van der Waals surface area contributed by atoms with Gasteiger partial charge in [-0.3, -0.25) is 4.79 Å². The van der Waals surface area contributed by atoms with Gasteiger partial charge in [0, 0.05) is 5.92 Å². The second-order valence-corrected chi connectivity index (χ2v) is 6.32. The summed E-state index contributed by atoms with van der Waals surface area (Å²) in [6.45, 7) is 9.66. The van der Waals surface area contributed by atoms with Crippen LogP contribution in [0.4, 0.5) is 0 Å². The minimum Gasteiger partial charge on any atom is -0.394 e. The molecule has 4 heteroatoms. The zero-order valence-electron chi connectivity index (χ0n) is 11.5. The highest BCUT2D eigenvalue weighted by Crippen LogP contribution is 2.68. The molecule has 0 unspecified atom stereocenters. The standard InChI is InChI=1S/C13H25NO3/c1-6-13(7-15,8-16)14-10(17)9-11(2,3)12(9,4)5/h9,15-16H,6-8H2,1-5H3,(H,14,17). The highest BCUT2D eigenvalue weighted by atomic mass is 16.3. The van der Waals surface area contributed by atoms with Gasteiger partial charge in [0.25, 0.3) is 0 Å². The third-order valence-corrected chi connectivity index (χ3v) is 4.95. The third-order valence-electron chi connectivity index (χ3n) is 4.95. The highest BCUT2D eigenvalue weighted by molar-refractivity contribution is 5.84. The minimum absolute atomic E-state index is 0.0263. The van der Waals surface area contributed by atoms with Gasteiger partial charge in [-0.05, 0) is 17.3 Å². The zero-order chi connectivity index (χ0) is 13.5. The number of rotatable bonds is 5. The van der Waals surface area contributed by atoms with Crippen LogP contribution in [0.2, 0.25) is 0 Å². The zero-order valence-corrected chi connectivity index (χ0v) is 11.5. The minimum atomic E-state index is -0.883. The van der Waals surface area contributed by atoms with Crippen LogP contribution in [0.5, 0.6) is 0 Å². The molecule has 0 atom stereocenters. The second kappa shape index (κ2) is 4.25. The number of carbonyl (C=O) groups is 1. The van der Waals surface area contributed by atoms with Gasteiger partial charge in [-0.2, -0.15) is 0 Å². The van der Waals surface area contributed by atoms with Gasteiger partial charge in [-0.1, -0.05) is 34.6 Å². The lowest BCUT2D eigenvalue weighted by molar-refractivity contribution is -0.126. The van der Waals surface area contributed by atoms with Crippen LogP contribution >= 0.6 is 0 Å². The molecule has 0 spiro atoms. The summed E-state index contributed by atoms with van der Waals surface area (Å²) in [5.74, 6) is -0.121. The van der Waals surface area contributed by atoms with E-state index in [9.17, 15) is 15.0 Å². The molecule has 1 amide bonds. The Bertz CT molecular complexity index is 284. The van der Waals surface area contributed by atoms with E-state index in [2.05, 4.69) is 33.0 Å². The molecule has 0 radical (unpaired) electrons. The van der Waals surface area contributed by atoms with Crippen molar-refractivity contribution in [2.75, 3.05) is 13.2 Å². The van der Waals surface area contributed by atoms with E-state index in [1.54, 1.807) is 0 Å². The van der Waals surface area contributed by atoms with Gasteiger partial charge in [0.15, 0.2) is 0 Å². The maximum absolute atomic E-state index is 12.2. The summed E-state index contributed by atoms with van der Waals surface area (Å²) in [6.07, 6.45) is 0.513. The Hall–Kier alpha value is -0.610. The molecule has 1 saturated carbocycles. The fraction of sp³-hybridized carbons (Fsp3) is 0.923. The third kappa shape index (κ3) is 2.08. The molecular weight excluding hydrogens is 218 g/mol. The van der Waals surface area contributed by atoms with Gasteiger partial charge in [0.2, 0.25) is 5.91 Å². The first kappa shape index (κ1) is 14.5. The molecule has 0 saturated heterocycles. The molecule has 3 N–H and O–H groups in total. The fourth-order valence-electron chi connectivity index (χ4n) is 2.63. The van der Waals surface area contributed by atoms with Crippen LogP contribution in [0.3, 0.4) is 0 Å². The van der Waals surface area contributed by atoms with Crippen LogP contribution in [-0.2, 0) is 4.79 Å². The largest absolute Gasteiger partial charge is 0.394 e. The molecule has 1 aliphatic carbocycles. The van der Waals surface area contributed by atoms with Crippen molar-refractivity contribution in [3.63, 3.8) is 0 Å². The lowest BCUT2D eigenvalue weighted by Gasteiger charge is -2.30. The van der Waals surface area contributed by atoms with E-state index in [0.29, 0.717) is 6.42 Å². The molecule has 0 aromatic heterocycles. The highest BCUT2D eigenvalue weighted by Gasteiger charge is 2.68. The van der Waals surface area contributed by atoms with Crippen molar-refractivity contribution < 1.29 is 15.0 Å². The van der Waals surface area contributed by atoms with Crippen molar-refractivity contribution in [2.24, 2.45) is 16.7 Å². The fourth-order valence-corrected chi connectivity index (χ4v) is 2.63. The Labute approximate surface area is 103 Å². The second-order valence-electron chi connectivity index (χ2n) is 6.32. The Balaban J connectivity index is 2.75. The number of aliphatic hydroxyl groups is 2. The van der Waals surface area contributed by atoms with Crippen LogP contribution < -0.4 is 5.32 Å². The molecule has 17 heavy (non-hydrogen) atoms. The van der Waals surface area contributed by atoms with Crippen LogP contribution in [0.25, 0.3) is 0 Å². The molecule has 1 aliphatic rings. The molecular formula is C13H25NO3. The predicted octanol–water partition coefficient (Wildman–Crippen LogP) is 0.918. The molecule has 0 aliphatic heterocycles. The van der Waals surface area contributed by atoms with Crippen LogP contribution in [-0.4, -0.2) is 34.9 Å². The summed E-state index contributed by atoms with van der Waals surface area (Å²) in [5, 5.41) is 21.4. The van der Waals surface area contributed by atoms with E-state index in [1.807, 2.05) is 6.92 Å². The van der Waals surface area contributed by atoms with Crippen LogP contribution in [0.15, 0.2) is 0 Å². The summed E-state index contributed by atoms with van der Waals surface area (Å²) < 4.78 is 0. The van der Waals surface area contributed by atoms with E-state index < -0.39 is 5.54 Å². The van der Waals surface area contributed by atoms with Crippen molar-refractivity contribution in [3.8, 4) is 0 Å². The Morgan fingerprint density at radius 3 is 1.82 bits per heavy atom. The molecule has 0 aromatic rings. The molecule has 0 aromatic carbocycles. The maximum Gasteiger partial charge on any atom is 0.224 e. The average Bonchev–Trinajstić information content (AvgIpc) is 2.66. The molecule has 4 nitrogen and oxygen atoms in total. The molecule has 100 valence electrons. The smallest absolute Gasteiger partial charge is 0.224 e. The van der Waals surface area contributed by atoms with E-state index in [-0.39, 0.29) is 35.9 Å². The predicted molar refractivity (Wildman–Crippen MR) is 66.4 cm³/mol. The molecule has 1 rings (SSSR count). The number of hydrogen-bond acceptors (Lipinski definition) is 3. The van der Waals surface area contributed by atoms with E-state index in [4.69, 9.17) is 0 Å².